The van der Waals surface area contributed by atoms with Gasteiger partial charge in [0.05, 0.1) is 26.9 Å². The summed E-state index contributed by atoms with van der Waals surface area (Å²) in [6.45, 7) is 4.05. The van der Waals surface area contributed by atoms with Gasteiger partial charge in [-0.1, -0.05) is 23.8 Å². The number of hydrogen-bond acceptors (Lipinski definition) is 5. The molecular formula is C23H24O5. The van der Waals surface area contributed by atoms with Crippen molar-refractivity contribution >= 4 is 11.0 Å². The Labute approximate surface area is 164 Å². The lowest BCUT2D eigenvalue weighted by Crippen LogP contribution is -2.08. The summed E-state index contributed by atoms with van der Waals surface area (Å²) < 4.78 is 22.2. The molecule has 0 N–H and O–H groups in total. The van der Waals surface area contributed by atoms with Crippen molar-refractivity contribution in [2.24, 2.45) is 0 Å². The Hall–Kier alpha value is -3.21. The van der Waals surface area contributed by atoms with Crippen LogP contribution in [0.4, 0.5) is 0 Å². The summed E-state index contributed by atoms with van der Waals surface area (Å²) in [4.78, 5) is 13.3. The van der Waals surface area contributed by atoms with Crippen molar-refractivity contribution in [1.29, 1.82) is 0 Å². The van der Waals surface area contributed by atoms with Crippen LogP contribution in [-0.4, -0.2) is 21.3 Å². The van der Waals surface area contributed by atoms with Crippen molar-refractivity contribution in [3.63, 3.8) is 0 Å². The first-order valence-corrected chi connectivity index (χ1v) is 8.97. The number of benzene rings is 2. The van der Waals surface area contributed by atoms with Gasteiger partial charge in [-0.3, -0.25) is 4.79 Å². The molecule has 0 radical (unpaired) electrons. The molecule has 1 heterocycles. The number of allylic oxidation sites excluding steroid dienone is 2. The van der Waals surface area contributed by atoms with Crippen LogP contribution in [0.2, 0.25) is 0 Å². The smallest absolute Gasteiger partial charge is 0.204 e. The Balaban J connectivity index is 2.28. The molecule has 0 aliphatic rings. The summed E-state index contributed by atoms with van der Waals surface area (Å²) in [7, 11) is 4.73. The number of hydrogen-bond donors (Lipinski definition) is 0. The molecule has 0 unspecified atom stereocenters. The largest absolute Gasteiger partial charge is 0.497 e. The third-order valence-electron chi connectivity index (χ3n) is 4.63. The van der Waals surface area contributed by atoms with Gasteiger partial charge in [-0.25, -0.2) is 0 Å². The standard InChI is InChI=1S/C23H24O5/c1-14(2)6-11-17-19(26-4)12-20(27-5)21-22(24)18(13-28-23(17)21)15-7-9-16(25-3)10-8-15/h6-10,12-13H,11H2,1-5H3. The zero-order chi connectivity index (χ0) is 20.3. The van der Waals surface area contributed by atoms with E-state index in [1.807, 2.05) is 38.1 Å². The van der Waals surface area contributed by atoms with E-state index in [-0.39, 0.29) is 5.43 Å². The minimum atomic E-state index is -0.149. The first kappa shape index (κ1) is 19.5. The van der Waals surface area contributed by atoms with Crippen LogP contribution in [0.3, 0.4) is 0 Å². The van der Waals surface area contributed by atoms with Gasteiger partial charge in [0.25, 0.3) is 0 Å². The fraction of sp³-hybridized carbons (Fsp3) is 0.261. The van der Waals surface area contributed by atoms with E-state index in [1.165, 1.54) is 18.9 Å². The highest BCUT2D eigenvalue weighted by molar-refractivity contribution is 5.91. The normalized spacial score (nSPS) is 10.6. The highest BCUT2D eigenvalue weighted by atomic mass is 16.5. The van der Waals surface area contributed by atoms with Gasteiger partial charge >= 0.3 is 0 Å². The fourth-order valence-electron chi connectivity index (χ4n) is 3.12. The monoisotopic (exact) mass is 380 g/mol. The molecule has 0 fully saturated rings. The Morgan fingerprint density at radius 2 is 1.68 bits per heavy atom. The van der Waals surface area contributed by atoms with Crippen molar-refractivity contribution in [1.82, 2.24) is 0 Å². The maximum Gasteiger partial charge on any atom is 0.204 e. The summed E-state index contributed by atoms with van der Waals surface area (Å²) in [6.07, 6.45) is 4.16. The van der Waals surface area contributed by atoms with Gasteiger partial charge in [-0.2, -0.15) is 0 Å². The van der Waals surface area contributed by atoms with Gasteiger partial charge in [-0.05, 0) is 38.0 Å². The van der Waals surface area contributed by atoms with E-state index in [0.717, 1.165) is 16.9 Å². The van der Waals surface area contributed by atoms with Crippen LogP contribution in [0.1, 0.15) is 19.4 Å². The van der Waals surface area contributed by atoms with Gasteiger partial charge in [0, 0.05) is 11.6 Å². The molecule has 0 saturated carbocycles. The number of ether oxygens (including phenoxy) is 3. The molecule has 0 atom stereocenters. The zero-order valence-corrected chi connectivity index (χ0v) is 16.8. The van der Waals surface area contributed by atoms with Crippen molar-refractivity contribution in [3.05, 3.63) is 64.0 Å². The summed E-state index contributed by atoms with van der Waals surface area (Å²) in [6, 6.07) is 9.02. The Kier molecular flexibility index (Phi) is 5.73. The summed E-state index contributed by atoms with van der Waals surface area (Å²) >= 11 is 0. The van der Waals surface area contributed by atoms with E-state index < -0.39 is 0 Å². The topological polar surface area (TPSA) is 57.9 Å². The number of rotatable bonds is 6. The molecule has 3 aromatic rings. The van der Waals surface area contributed by atoms with E-state index in [9.17, 15) is 4.79 Å². The summed E-state index contributed by atoms with van der Waals surface area (Å²) in [5.74, 6) is 1.78. The van der Waals surface area contributed by atoms with Crippen molar-refractivity contribution < 1.29 is 18.6 Å². The molecule has 28 heavy (non-hydrogen) atoms. The lowest BCUT2D eigenvalue weighted by Gasteiger charge is -2.14. The van der Waals surface area contributed by atoms with Gasteiger partial charge < -0.3 is 18.6 Å². The van der Waals surface area contributed by atoms with Crippen molar-refractivity contribution in [2.45, 2.75) is 20.3 Å². The average Bonchev–Trinajstić information content (AvgIpc) is 2.71. The molecule has 1 aromatic heterocycles. The van der Waals surface area contributed by atoms with E-state index in [4.69, 9.17) is 18.6 Å². The molecule has 3 rings (SSSR count). The molecule has 5 nitrogen and oxygen atoms in total. The maximum absolute atomic E-state index is 13.3. The third-order valence-corrected chi connectivity index (χ3v) is 4.63. The quantitative estimate of drug-likeness (QED) is 0.564. The van der Waals surface area contributed by atoms with Crippen LogP contribution in [0.25, 0.3) is 22.1 Å². The minimum absolute atomic E-state index is 0.149. The number of fused-ring (bicyclic) bond motifs is 1. The molecule has 5 heteroatoms. The molecule has 146 valence electrons. The predicted molar refractivity (Wildman–Crippen MR) is 111 cm³/mol. The average molecular weight is 380 g/mol. The minimum Gasteiger partial charge on any atom is -0.497 e. The molecule has 0 amide bonds. The number of methoxy groups -OCH3 is 3. The first-order chi connectivity index (χ1) is 13.5. The molecule has 0 aliphatic carbocycles. The molecule has 0 aliphatic heterocycles. The SMILES string of the molecule is COc1ccc(-c2coc3c(CC=C(C)C)c(OC)cc(OC)c3c2=O)cc1. The highest BCUT2D eigenvalue weighted by Gasteiger charge is 2.20. The Bertz CT molecular complexity index is 1070. The molecule has 0 saturated heterocycles. The lowest BCUT2D eigenvalue weighted by atomic mass is 10.0. The van der Waals surface area contributed by atoms with Gasteiger partial charge in [0.1, 0.15) is 34.5 Å². The van der Waals surface area contributed by atoms with Crippen LogP contribution in [0.15, 0.2) is 57.5 Å². The van der Waals surface area contributed by atoms with Crippen molar-refractivity contribution in [3.8, 4) is 28.4 Å². The lowest BCUT2D eigenvalue weighted by molar-refractivity contribution is 0.393. The second kappa shape index (κ2) is 8.21. The van der Waals surface area contributed by atoms with E-state index in [1.54, 1.807) is 20.3 Å². The zero-order valence-electron chi connectivity index (χ0n) is 16.8. The second-order valence-electron chi connectivity index (χ2n) is 6.66. The summed E-state index contributed by atoms with van der Waals surface area (Å²) in [5.41, 5.74) is 3.54. The van der Waals surface area contributed by atoms with Gasteiger partial charge in [0.15, 0.2) is 0 Å². The van der Waals surface area contributed by atoms with E-state index in [2.05, 4.69) is 6.08 Å². The van der Waals surface area contributed by atoms with Crippen LogP contribution < -0.4 is 19.6 Å². The molecule has 2 aromatic carbocycles. The van der Waals surface area contributed by atoms with Gasteiger partial charge in [0.2, 0.25) is 5.43 Å². The first-order valence-electron chi connectivity index (χ1n) is 8.97. The van der Waals surface area contributed by atoms with Crippen LogP contribution in [0.5, 0.6) is 17.2 Å². The molecule has 0 bridgehead atoms. The predicted octanol–water partition coefficient (Wildman–Crippen LogP) is 4.99. The Morgan fingerprint density at radius 1 is 1.00 bits per heavy atom. The van der Waals surface area contributed by atoms with Crippen LogP contribution in [0, 0.1) is 0 Å². The maximum atomic E-state index is 13.3. The van der Waals surface area contributed by atoms with Gasteiger partial charge in [-0.15, -0.1) is 0 Å². The van der Waals surface area contributed by atoms with Crippen LogP contribution >= 0.6 is 0 Å². The van der Waals surface area contributed by atoms with Crippen LogP contribution in [-0.2, 0) is 6.42 Å². The fourth-order valence-corrected chi connectivity index (χ4v) is 3.12. The van der Waals surface area contributed by atoms with E-state index in [0.29, 0.717) is 34.5 Å². The van der Waals surface area contributed by atoms with Crippen molar-refractivity contribution in [2.75, 3.05) is 21.3 Å². The highest BCUT2D eigenvalue weighted by Crippen LogP contribution is 2.36. The third kappa shape index (κ3) is 3.60. The summed E-state index contributed by atoms with van der Waals surface area (Å²) in [5, 5.41) is 0.411. The Morgan fingerprint density at radius 3 is 2.25 bits per heavy atom. The second-order valence-corrected chi connectivity index (χ2v) is 6.66. The molecular weight excluding hydrogens is 356 g/mol. The molecule has 0 spiro atoms. The van der Waals surface area contributed by atoms with E-state index >= 15 is 0 Å².